The van der Waals surface area contributed by atoms with Gasteiger partial charge in [-0.1, -0.05) is 18.2 Å². The van der Waals surface area contributed by atoms with Gasteiger partial charge in [-0.05, 0) is 27.1 Å². The van der Waals surface area contributed by atoms with E-state index in [0.29, 0.717) is 6.54 Å². The van der Waals surface area contributed by atoms with Gasteiger partial charge in [0.1, 0.15) is 11.4 Å². The Bertz CT molecular complexity index is 422. The topological polar surface area (TPSA) is 58.4 Å². The number of benzene rings is 1. The van der Waals surface area contributed by atoms with Crippen LogP contribution in [-0.2, 0) is 10.3 Å². The van der Waals surface area contributed by atoms with Crippen molar-refractivity contribution in [2.75, 3.05) is 27.2 Å². The van der Waals surface area contributed by atoms with Crippen LogP contribution in [-0.4, -0.2) is 38.0 Å². The van der Waals surface area contributed by atoms with Gasteiger partial charge < -0.3 is 10.6 Å². The Hall–Kier alpha value is -1.46. The Morgan fingerprint density at radius 2 is 2.06 bits per heavy atom. The molecule has 1 aromatic carbocycles. The first kappa shape index (κ1) is 14.6. The summed E-state index contributed by atoms with van der Waals surface area (Å²) in [6, 6.07) is 6.17. The van der Waals surface area contributed by atoms with Gasteiger partial charge >= 0.3 is 0 Å². The van der Waals surface area contributed by atoms with Crippen molar-refractivity contribution in [1.82, 2.24) is 10.2 Å². The zero-order valence-corrected chi connectivity index (χ0v) is 11.0. The Morgan fingerprint density at radius 1 is 1.44 bits per heavy atom. The highest BCUT2D eigenvalue weighted by Gasteiger charge is 2.34. The molecule has 0 saturated carbocycles. The highest BCUT2D eigenvalue weighted by Crippen LogP contribution is 2.23. The van der Waals surface area contributed by atoms with E-state index in [-0.39, 0.29) is 5.56 Å². The number of hydrogen-bond acceptors (Lipinski definition) is 3. The van der Waals surface area contributed by atoms with Crippen molar-refractivity contribution in [1.29, 1.82) is 0 Å². The van der Waals surface area contributed by atoms with Crippen LogP contribution < -0.4 is 11.1 Å². The maximum atomic E-state index is 13.8. The molecule has 1 rings (SSSR count). The lowest BCUT2D eigenvalue weighted by Crippen LogP contribution is -2.52. The van der Waals surface area contributed by atoms with E-state index in [9.17, 15) is 9.18 Å². The first-order valence-electron chi connectivity index (χ1n) is 5.82. The second kappa shape index (κ2) is 5.93. The quantitative estimate of drug-likeness (QED) is 0.783. The Labute approximate surface area is 107 Å². The predicted molar refractivity (Wildman–Crippen MR) is 69.5 cm³/mol. The van der Waals surface area contributed by atoms with Gasteiger partial charge in [-0.15, -0.1) is 0 Å². The molecule has 1 amide bonds. The van der Waals surface area contributed by atoms with Crippen LogP contribution in [0.15, 0.2) is 24.3 Å². The second-order valence-electron chi connectivity index (χ2n) is 4.70. The van der Waals surface area contributed by atoms with E-state index in [1.165, 1.54) is 6.07 Å². The predicted octanol–water partition coefficient (Wildman–Crippen LogP) is 0.677. The summed E-state index contributed by atoms with van der Waals surface area (Å²) in [6.45, 7) is 2.88. The maximum absolute atomic E-state index is 13.8. The molecule has 3 N–H and O–H groups in total. The SMILES string of the molecule is CN(C)CCNC(C)(C(N)=O)c1ccccc1F. The Morgan fingerprint density at radius 3 is 2.56 bits per heavy atom. The average molecular weight is 253 g/mol. The fourth-order valence-corrected chi connectivity index (χ4v) is 1.71. The van der Waals surface area contributed by atoms with E-state index in [1.54, 1.807) is 25.1 Å². The highest BCUT2D eigenvalue weighted by molar-refractivity contribution is 5.85. The molecule has 1 atom stereocenters. The fraction of sp³-hybridized carbons (Fsp3) is 0.462. The smallest absolute Gasteiger partial charge is 0.242 e. The van der Waals surface area contributed by atoms with E-state index in [1.807, 2.05) is 19.0 Å². The molecule has 0 fully saturated rings. The number of nitrogens with two attached hydrogens (primary N) is 1. The van der Waals surface area contributed by atoms with Crippen LogP contribution in [0.3, 0.4) is 0 Å². The standard InChI is InChI=1S/C13H20FN3O/c1-13(12(15)18,16-8-9-17(2)3)10-6-4-5-7-11(10)14/h4-7,16H,8-9H2,1-3H3,(H2,15,18). The number of amides is 1. The van der Waals surface area contributed by atoms with Gasteiger partial charge in [0.2, 0.25) is 5.91 Å². The number of nitrogens with one attached hydrogen (secondary N) is 1. The fourth-order valence-electron chi connectivity index (χ4n) is 1.71. The number of halogens is 1. The maximum Gasteiger partial charge on any atom is 0.242 e. The minimum Gasteiger partial charge on any atom is -0.368 e. The highest BCUT2D eigenvalue weighted by atomic mass is 19.1. The molecule has 18 heavy (non-hydrogen) atoms. The first-order chi connectivity index (χ1) is 8.38. The summed E-state index contributed by atoms with van der Waals surface area (Å²) < 4.78 is 13.8. The molecular formula is C13H20FN3O. The summed E-state index contributed by atoms with van der Waals surface area (Å²) in [4.78, 5) is 13.6. The lowest BCUT2D eigenvalue weighted by molar-refractivity contribution is -0.124. The van der Waals surface area contributed by atoms with Crippen molar-refractivity contribution in [2.24, 2.45) is 5.73 Å². The van der Waals surface area contributed by atoms with Crippen molar-refractivity contribution in [3.63, 3.8) is 0 Å². The average Bonchev–Trinajstić information content (AvgIpc) is 2.28. The molecule has 4 nitrogen and oxygen atoms in total. The van der Waals surface area contributed by atoms with E-state index >= 15 is 0 Å². The summed E-state index contributed by atoms with van der Waals surface area (Å²) in [5.74, 6) is -1.03. The second-order valence-corrected chi connectivity index (χ2v) is 4.70. The van der Waals surface area contributed by atoms with Gasteiger partial charge in [-0.3, -0.25) is 10.1 Å². The molecule has 1 aromatic rings. The van der Waals surface area contributed by atoms with Gasteiger partial charge in [0.05, 0.1) is 0 Å². The van der Waals surface area contributed by atoms with E-state index in [4.69, 9.17) is 5.73 Å². The summed E-state index contributed by atoms with van der Waals surface area (Å²) in [5, 5.41) is 3.03. The van der Waals surface area contributed by atoms with Gasteiger partial charge in [-0.25, -0.2) is 4.39 Å². The summed E-state index contributed by atoms with van der Waals surface area (Å²) in [5.41, 5.74) is 4.49. The van der Waals surface area contributed by atoms with Crippen molar-refractivity contribution >= 4 is 5.91 Å². The zero-order valence-electron chi connectivity index (χ0n) is 11.0. The van der Waals surface area contributed by atoms with Crippen molar-refractivity contribution in [3.8, 4) is 0 Å². The van der Waals surface area contributed by atoms with Crippen molar-refractivity contribution in [3.05, 3.63) is 35.6 Å². The van der Waals surface area contributed by atoms with Crippen LogP contribution in [0, 0.1) is 5.82 Å². The third kappa shape index (κ3) is 3.27. The largest absolute Gasteiger partial charge is 0.368 e. The lowest BCUT2D eigenvalue weighted by Gasteiger charge is -2.29. The molecule has 0 heterocycles. The minimum absolute atomic E-state index is 0.274. The molecule has 5 heteroatoms. The minimum atomic E-state index is -1.19. The van der Waals surface area contributed by atoms with Crippen LogP contribution in [0.5, 0.6) is 0 Å². The molecule has 0 saturated heterocycles. The van der Waals surface area contributed by atoms with Crippen LogP contribution in [0.2, 0.25) is 0 Å². The van der Waals surface area contributed by atoms with Crippen molar-refractivity contribution < 1.29 is 9.18 Å². The van der Waals surface area contributed by atoms with Gasteiger partial charge in [0, 0.05) is 18.7 Å². The molecule has 0 aliphatic rings. The van der Waals surface area contributed by atoms with E-state index < -0.39 is 17.3 Å². The van der Waals surface area contributed by atoms with Crippen LogP contribution in [0.25, 0.3) is 0 Å². The monoisotopic (exact) mass is 253 g/mol. The summed E-state index contributed by atoms with van der Waals surface area (Å²) in [6.07, 6.45) is 0. The molecule has 0 bridgehead atoms. The molecule has 0 aliphatic heterocycles. The number of carbonyl (C=O) groups excluding carboxylic acids is 1. The van der Waals surface area contributed by atoms with Gasteiger partial charge in [0.15, 0.2) is 0 Å². The lowest BCUT2D eigenvalue weighted by atomic mass is 9.90. The van der Waals surface area contributed by atoms with E-state index in [0.717, 1.165) is 6.54 Å². The molecule has 0 aromatic heterocycles. The molecule has 0 spiro atoms. The molecule has 0 radical (unpaired) electrons. The van der Waals surface area contributed by atoms with Gasteiger partial charge in [0.25, 0.3) is 0 Å². The Kier molecular flexibility index (Phi) is 4.81. The third-order valence-electron chi connectivity index (χ3n) is 2.94. The molecule has 0 aliphatic carbocycles. The normalized spacial score (nSPS) is 14.5. The number of carbonyl (C=O) groups is 1. The number of hydrogen-bond donors (Lipinski definition) is 2. The third-order valence-corrected chi connectivity index (χ3v) is 2.94. The van der Waals surface area contributed by atoms with Crippen LogP contribution in [0.4, 0.5) is 4.39 Å². The van der Waals surface area contributed by atoms with Crippen LogP contribution >= 0.6 is 0 Å². The number of primary amides is 1. The number of rotatable bonds is 6. The number of nitrogens with zero attached hydrogens (tertiary/aromatic N) is 1. The zero-order chi connectivity index (χ0) is 13.8. The van der Waals surface area contributed by atoms with Gasteiger partial charge in [-0.2, -0.15) is 0 Å². The Balaban J connectivity index is 2.94. The van der Waals surface area contributed by atoms with Crippen molar-refractivity contribution in [2.45, 2.75) is 12.5 Å². The number of likely N-dealkylation sites (N-methyl/N-ethyl adjacent to an activating group) is 1. The van der Waals surface area contributed by atoms with Crippen LogP contribution in [0.1, 0.15) is 12.5 Å². The molecule has 1 unspecified atom stereocenters. The summed E-state index contributed by atoms with van der Waals surface area (Å²) >= 11 is 0. The molecular weight excluding hydrogens is 233 g/mol. The summed E-state index contributed by atoms with van der Waals surface area (Å²) in [7, 11) is 3.85. The van der Waals surface area contributed by atoms with E-state index in [2.05, 4.69) is 5.32 Å². The molecule has 100 valence electrons. The first-order valence-corrected chi connectivity index (χ1v) is 5.82.